The van der Waals surface area contributed by atoms with Gasteiger partial charge in [0.15, 0.2) is 0 Å². The number of carbonyl (C=O) groups excluding carboxylic acids is 3. The van der Waals surface area contributed by atoms with Crippen LogP contribution in [0.15, 0.2) is 18.2 Å². The predicted molar refractivity (Wildman–Crippen MR) is 83.9 cm³/mol. The highest BCUT2D eigenvalue weighted by Gasteiger charge is 2.31. The van der Waals surface area contributed by atoms with Crippen LogP contribution in [0.5, 0.6) is 0 Å². The average molecular weight is 378 g/mol. The van der Waals surface area contributed by atoms with Crippen LogP contribution in [-0.4, -0.2) is 54.2 Å². The first-order valence-electron chi connectivity index (χ1n) is 7.34. The van der Waals surface area contributed by atoms with Crippen LogP contribution in [0.3, 0.4) is 0 Å². The third kappa shape index (κ3) is 5.09. The monoisotopic (exact) mass is 377 g/mol. The minimum absolute atomic E-state index is 0.0617. The summed E-state index contributed by atoms with van der Waals surface area (Å²) in [6.07, 6.45) is -4.41. The highest BCUT2D eigenvalue weighted by atomic mass is 35.5. The SMILES string of the molecule is O=CN1CCN(C(=O)CC(=O)Nc2cc(C(F)(F)F)ccc2Cl)CC1. The fourth-order valence-electron chi connectivity index (χ4n) is 2.32. The average Bonchev–Trinajstić information content (AvgIpc) is 2.55. The Balaban J connectivity index is 1.96. The normalized spacial score (nSPS) is 15.0. The lowest BCUT2D eigenvalue weighted by Crippen LogP contribution is -2.48. The number of hydrogen-bond acceptors (Lipinski definition) is 3. The molecule has 0 unspecified atom stereocenters. The van der Waals surface area contributed by atoms with Crippen LogP contribution < -0.4 is 5.32 Å². The Kier molecular flexibility index (Phi) is 5.89. The van der Waals surface area contributed by atoms with Gasteiger partial charge in [-0.25, -0.2) is 0 Å². The molecule has 1 aliphatic heterocycles. The molecule has 10 heteroatoms. The number of rotatable bonds is 4. The number of hydrogen-bond donors (Lipinski definition) is 1. The molecule has 1 heterocycles. The summed E-state index contributed by atoms with van der Waals surface area (Å²) in [5, 5.41) is 2.17. The van der Waals surface area contributed by atoms with E-state index in [1.165, 1.54) is 9.80 Å². The first-order chi connectivity index (χ1) is 11.7. The van der Waals surface area contributed by atoms with Crippen molar-refractivity contribution in [3.8, 4) is 0 Å². The van der Waals surface area contributed by atoms with E-state index >= 15 is 0 Å². The molecule has 0 aromatic heterocycles. The Morgan fingerprint density at radius 1 is 1.20 bits per heavy atom. The lowest BCUT2D eigenvalue weighted by Gasteiger charge is -2.32. The number of amides is 3. The number of benzene rings is 1. The molecule has 1 N–H and O–H groups in total. The van der Waals surface area contributed by atoms with Crippen LogP contribution in [0, 0.1) is 0 Å². The fourth-order valence-corrected chi connectivity index (χ4v) is 2.48. The summed E-state index contributed by atoms with van der Waals surface area (Å²) in [5.41, 5.74) is -1.16. The Morgan fingerprint density at radius 3 is 2.40 bits per heavy atom. The summed E-state index contributed by atoms with van der Waals surface area (Å²) >= 11 is 5.79. The van der Waals surface area contributed by atoms with E-state index < -0.39 is 30.0 Å². The van der Waals surface area contributed by atoms with Gasteiger partial charge < -0.3 is 15.1 Å². The number of piperazine rings is 1. The van der Waals surface area contributed by atoms with Crippen LogP contribution in [0.25, 0.3) is 0 Å². The number of anilines is 1. The van der Waals surface area contributed by atoms with Gasteiger partial charge in [-0.1, -0.05) is 11.6 Å². The molecule has 1 aliphatic rings. The van der Waals surface area contributed by atoms with Gasteiger partial charge in [0.1, 0.15) is 6.42 Å². The van der Waals surface area contributed by atoms with Crippen molar-refractivity contribution in [3.05, 3.63) is 28.8 Å². The van der Waals surface area contributed by atoms with Gasteiger partial charge in [-0.3, -0.25) is 14.4 Å². The maximum absolute atomic E-state index is 12.7. The third-order valence-electron chi connectivity index (χ3n) is 3.70. The molecule has 25 heavy (non-hydrogen) atoms. The van der Waals surface area contributed by atoms with Crippen molar-refractivity contribution in [3.63, 3.8) is 0 Å². The molecule has 0 radical (unpaired) electrons. The Morgan fingerprint density at radius 2 is 1.84 bits per heavy atom. The number of nitrogens with zero attached hydrogens (tertiary/aromatic N) is 2. The maximum atomic E-state index is 12.7. The molecule has 3 amide bonds. The summed E-state index contributed by atoms with van der Waals surface area (Å²) in [6.45, 7) is 1.34. The van der Waals surface area contributed by atoms with Crippen molar-refractivity contribution >= 4 is 35.5 Å². The summed E-state index contributed by atoms with van der Waals surface area (Å²) in [5.74, 6) is -1.23. The van der Waals surface area contributed by atoms with E-state index in [1.807, 2.05) is 0 Å². The van der Waals surface area contributed by atoms with Gasteiger partial charge in [0.2, 0.25) is 18.2 Å². The summed E-state index contributed by atoms with van der Waals surface area (Å²) in [7, 11) is 0. The topological polar surface area (TPSA) is 69.7 Å². The summed E-state index contributed by atoms with van der Waals surface area (Å²) < 4.78 is 38.1. The lowest BCUT2D eigenvalue weighted by atomic mass is 10.2. The van der Waals surface area contributed by atoms with Crippen LogP contribution in [0.1, 0.15) is 12.0 Å². The third-order valence-corrected chi connectivity index (χ3v) is 4.03. The summed E-state index contributed by atoms with van der Waals surface area (Å²) in [6, 6.07) is 2.55. The van der Waals surface area contributed by atoms with Crippen molar-refractivity contribution < 1.29 is 27.6 Å². The van der Waals surface area contributed by atoms with E-state index in [4.69, 9.17) is 11.6 Å². The molecule has 1 saturated heterocycles. The molecule has 0 atom stereocenters. The summed E-state index contributed by atoms with van der Waals surface area (Å²) in [4.78, 5) is 37.5. The van der Waals surface area contributed by atoms with E-state index in [9.17, 15) is 27.6 Å². The quantitative estimate of drug-likeness (QED) is 0.644. The second-order valence-corrected chi connectivity index (χ2v) is 5.85. The maximum Gasteiger partial charge on any atom is 0.416 e. The number of carbonyl (C=O) groups is 3. The highest BCUT2D eigenvalue weighted by Crippen LogP contribution is 2.33. The molecule has 2 rings (SSSR count). The molecule has 0 aliphatic carbocycles. The molecule has 1 fully saturated rings. The van der Waals surface area contributed by atoms with E-state index in [0.29, 0.717) is 38.7 Å². The van der Waals surface area contributed by atoms with Gasteiger partial charge in [0.05, 0.1) is 16.3 Å². The number of nitrogens with one attached hydrogen (secondary N) is 1. The fraction of sp³-hybridized carbons (Fsp3) is 0.400. The van der Waals surface area contributed by atoms with Gasteiger partial charge in [-0.05, 0) is 18.2 Å². The van der Waals surface area contributed by atoms with E-state index in [2.05, 4.69) is 5.32 Å². The highest BCUT2D eigenvalue weighted by molar-refractivity contribution is 6.33. The zero-order valence-corrected chi connectivity index (χ0v) is 13.7. The largest absolute Gasteiger partial charge is 0.416 e. The Labute approximate surface area is 146 Å². The molecular formula is C15H15ClF3N3O3. The predicted octanol–water partition coefficient (Wildman–Crippen LogP) is 1.99. The van der Waals surface area contributed by atoms with Gasteiger partial charge in [-0.15, -0.1) is 0 Å². The Hall–Kier alpha value is -2.29. The molecule has 1 aromatic carbocycles. The molecule has 136 valence electrons. The second-order valence-electron chi connectivity index (χ2n) is 5.44. The van der Waals surface area contributed by atoms with Crippen molar-refractivity contribution in [1.82, 2.24) is 9.80 Å². The molecular weight excluding hydrogens is 363 g/mol. The van der Waals surface area contributed by atoms with Crippen molar-refractivity contribution in [1.29, 1.82) is 0 Å². The van der Waals surface area contributed by atoms with E-state index in [1.54, 1.807) is 0 Å². The van der Waals surface area contributed by atoms with Gasteiger partial charge in [0.25, 0.3) is 0 Å². The van der Waals surface area contributed by atoms with E-state index in [-0.39, 0.29) is 10.7 Å². The van der Waals surface area contributed by atoms with Gasteiger partial charge in [-0.2, -0.15) is 13.2 Å². The minimum atomic E-state index is -4.57. The molecule has 0 bridgehead atoms. The first-order valence-corrected chi connectivity index (χ1v) is 7.72. The lowest BCUT2D eigenvalue weighted by molar-refractivity contribution is -0.138. The minimum Gasteiger partial charge on any atom is -0.342 e. The van der Waals surface area contributed by atoms with Crippen LogP contribution in [0.2, 0.25) is 5.02 Å². The van der Waals surface area contributed by atoms with Crippen molar-refractivity contribution in [2.75, 3.05) is 31.5 Å². The standard InChI is InChI=1S/C15H15ClF3N3O3/c16-11-2-1-10(15(17,18)19)7-12(11)20-13(24)8-14(25)22-5-3-21(9-23)4-6-22/h1-2,7,9H,3-6,8H2,(H,20,24). The van der Waals surface area contributed by atoms with Gasteiger partial charge >= 0.3 is 6.18 Å². The second kappa shape index (κ2) is 7.73. The van der Waals surface area contributed by atoms with E-state index in [0.717, 1.165) is 12.1 Å². The van der Waals surface area contributed by atoms with Crippen LogP contribution >= 0.6 is 11.6 Å². The van der Waals surface area contributed by atoms with Crippen molar-refractivity contribution in [2.45, 2.75) is 12.6 Å². The molecule has 6 nitrogen and oxygen atoms in total. The van der Waals surface area contributed by atoms with Crippen molar-refractivity contribution in [2.24, 2.45) is 0 Å². The smallest absolute Gasteiger partial charge is 0.342 e. The molecule has 1 aromatic rings. The Bertz CT molecular complexity index is 674. The zero-order chi connectivity index (χ0) is 18.6. The molecule has 0 saturated carbocycles. The van der Waals surface area contributed by atoms with Crippen LogP contribution in [0.4, 0.5) is 18.9 Å². The number of halogens is 4. The first kappa shape index (κ1) is 19.0. The van der Waals surface area contributed by atoms with Crippen LogP contribution in [-0.2, 0) is 20.6 Å². The van der Waals surface area contributed by atoms with Gasteiger partial charge in [0, 0.05) is 26.2 Å². The zero-order valence-electron chi connectivity index (χ0n) is 13.0. The molecule has 0 spiro atoms. The number of alkyl halides is 3.